The number of aromatic nitrogens is 1. The zero-order valence-corrected chi connectivity index (χ0v) is 16.7. The average Bonchev–Trinajstić information content (AvgIpc) is 2.58. The predicted octanol–water partition coefficient (Wildman–Crippen LogP) is 7.72. The lowest BCUT2D eigenvalue weighted by atomic mass is 10.0. The van der Waals surface area contributed by atoms with Crippen molar-refractivity contribution in [3.05, 3.63) is 29.1 Å². The third kappa shape index (κ3) is 10.1. The lowest BCUT2D eigenvalue weighted by Crippen LogP contribution is -1.95. The van der Waals surface area contributed by atoms with Crippen molar-refractivity contribution in [3.63, 3.8) is 0 Å². The van der Waals surface area contributed by atoms with Gasteiger partial charge in [0.25, 0.3) is 0 Å². The molecule has 0 aliphatic heterocycles. The second kappa shape index (κ2) is 14.5. The Kier molecular flexibility index (Phi) is 12.8. The van der Waals surface area contributed by atoms with E-state index in [-0.39, 0.29) is 0 Å². The van der Waals surface area contributed by atoms with Crippen molar-refractivity contribution in [1.29, 1.82) is 0 Å². The van der Waals surface area contributed by atoms with Crippen LogP contribution in [0.1, 0.15) is 114 Å². The van der Waals surface area contributed by atoms with Crippen molar-refractivity contribution >= 4 is 0 Å². The van der Waals surface area contributed by atoms with E-state index in [2.05, 4.69) is 31.8 Å². The molecule has 0 fully saturated rings. The van der Waals surface area contributed by atoms with Gasteiger partial charge in [0, 0.05) is 11.9 Å². The maximum atomic E-state index is 4.36. The molecule has 0 aromatic carbocycles. The van der Waals surface area contributed by atoms with Gasteiger partial charge >= 0.3 is 0 Å². The Balaban J connectivity index is 1.85. The maximum Gasteiger partial charge on any atom is 0.0404 e. The zero-order valence-electron chi connectivity index (χ0n) is 16.7. The highest BCUT2D eigenvalue weighted by atomic mass is 14.7. The molecular formula is C23H41N. The van der Waals surface area contributed by atoms with Gasteiger partial charge in [0.05, 0.1) is 0 Å². The van der Waals surface area contributed by atoms with E-state index >= 15 is 0 Å². The molecule has 1 heterocycles. The van der Waals surface area contributed by atoms with E-state index in [1.807, 2.05) is 6.20 Å². The third-order valence-corrected chi connectivity index (χ3v) is 5.37. The molecule has 0 saturated carbocycles. The summed E-state index contributed by atoms with van der Waals surface area (Å²) in [6, 6.07) is 2.20. The minimum Gasteiger partial charge on any atom is -0.261 e. The van der Waals surface area contributed by atoms with Gasteiger partial charge in [-0.3, -0.25) is 4.98 Å². The summed E-state index contributed by atoms with van der Waals surface area (Å²) in [6.45, 7) is 6.62. The van der Waals surface area contributed by atoms with Crippen LogP contribution in [0.3, 0.4) is 0 Å². The highest BCUT2D eigenvalue weighted by Crippen LogP contribution is 2.16. The van der Waals surface area contributed by atoms with Gasteiger partial charge in [0.1, 0.15) is 0 Å². The number of aryl methyl sites for hydroxylation is 2. The molecule has 0 N–H and O–H groups in total. The lowest BCUT2D eigenvalue weighted by molar-refractivity contribution is 0.535. The van der Waals surface area contributed by atoms with E-state index < -0.39 is 0 Å². The fourth-order valence-electron chi connectivity index (χ4n) is 3.47. The first-order valence-corrected chi connectivity index (χ1v) is 10.7. The van der Waals surface area contributed by atoms with Gasteiger partial charge in [-0.25, -0.2) is 0 Å². The van der Waals surface area contributed by atoms with E-state index in [1.54, 1.807) is 0 Å². The van der Waals surface area contributed by atoms with E-state index in [0.717, 1.165) is 0 Å². The molecule has 0 aliphatic rings. The van der Waals surface area contributed by atoms with Crippen molar-refractivity contribution in [3.8, 4) is 0 Å². The molecule has 0 spiro atoms. The Labute approximate surface area is 151 Å². The zero-order chi connectivity index (χ0) is 17.5. The van der Waals surface area contributed by atoms with Crippen LogP contribution in [0.5, 0.6) is 0 Å². The second-order valence-electron chi connectivity index (χ2n) is 7.53. The minimum absolute atomic E-state index is 1.19. The largest absolute Gasteiger partial charge is 0.261 e. The van der Waals surface area contributed by atoms with Crippen LogP contribution in [0, 0.1) is 13.8 Å². The summed E-state index contributed by atoms with van der Waals surface area (Å²) in [5.74, 6) is 0. The normalized spacial score (nSPS) is 11.1. The minimum atomic E-state index is 1.19. The van der Waals surface area contributed by atoms with E-state index in [4.69, 9.17) is 0 Å². The average molecular weight is 332 g/mol. The quantitative estimate of drug-likeness (QED) is 0.300. The number of unbranched alkanes of at least 4 members (excludes halogenated alkanes) is 13. The van der Waals surface area contributed by atoms with Crippen molar-refractivity contribution < 1.29 is 0 Å². The van der Waals surface area contributed by atoms with Gasteiger partial charge in [-0.1, -0.05) is 90.4 Å². The van der Waals surface area contributed by atoms with E-state index in [0.29, 0.717) is 0 Å². The van der Waals surface area contributed by atoms with E-state index in [9.17, 15) is 0 Å². The summed E-state index contributed by atoms with van der Waals surface area (Å²) >= 11 is 0. The SMILES string of the molecule is CCCCCCCCCCCCCCCCc1ccnc(C)c1C. The van der Waals surface area contributed by atoms with Crippen LogP contribution in [0.15, 0.2) is 12.3 Å². The van der Waals surface area contributed by atoms with Gasteiger partial charge in [-0.05, 0) is 43.9 Å². The number of hydrogen-bond donors (Lipinski definition) is 0. The smallest absolute Gasteiger partial charge is 0.0404 e. The number of hydrogen-bond acceptors (Lipinski definition) is 1. The van der Waals surface area contributed by atoms with Crippen LogP contribution in [-0.4, -0.2) is 4.98 Å². The number of rotatable bonds is 15. The Bertz CT molecular complexity index is 410. The summed E-state index contributed by atoms with van der Waals surface area (Å²) in [6.07, 6.45) is 23.2. The van der Waals surface area contributed by atoms with Gasteiger partial charge in [0.2, 0.25) is 0 Å². The molecule has 0 radical (unpaired) electrons. The van der Waals surface area contributed by atoms with Crippen molar-refractivity contribution in [1.82, 2.24) is 4.98 Å². The van der Waals surface area contributed by atoms with Crippen LogP contribution < -0.4 is 0 Å². The van der Waals surface area contributed by atoms with Crippen molar-refractivity contribution in [2.75, 3.05) is 0 Å². The monoisotopic (exact) mass is 331 g/mol. The van der Waals surface area contributed by atoms with Crippen LogP contribution in [0.2, 0.25) is 0 Å². The first-order chi connectivity index (χ1) is 11.8. The molecule has 1 aromatic heterocycles. The Morgan fingerprint density at radius 2 is 1.12 bits per heavy atom. The molecular weight excluding hydrogens is 290 g/mol. The molecule has 1 nitrogen and oxygen atoms in total. The molecule has 0 atom stereocenters. The Morgan fingerprint density at radius 3 is 1.62 bits per heavy atom. The van der Waals surface area contributed by atoms with Gasteiger partial charge in [-0.15, -0.1) is 0 Å². The first-order valence-electron chi connectivity index (χ1n) is 10.7. The molecule has 0 bridgehead atoms. The maximum absolute atomic E-state index is 4.36. The predicted molar refractivity (Wildman–Crippen MR) is 108 cm³/mol. The highest BCUT2D eigenvalue weighted by Gasteiger charge is 2.01. The lowest BCUT2D eigenvalue weighted by Gasteiger charge is -2.07. The Hall–Kier alpha value is -0.850. The molecule has 0 unspecified atom stereocenters. The topological polar surface area (TPSA) is 12.9 Å². The third-order valence-electron chi connectivity index (χ3n) is 5.37. The molecule has 24 heavy (non-hydrogen) atoms. The first kappa shape index (κ1) is 21.2. The fraction of sp³-hybridized carbons (Fsp3) is 0.783. The fourth-order valence-corrected chi connectivity index (χ4v) is 3.47. The standard InChI is InChI=1S/C23H41N/c1-4-5-6-7-8-9-10-11-12-13-14-15-16-17-18-23-19-20-24-22(3)21(23)2/h19-20H,4-18H2,1-3H3. The van der Waals surface area contributed by atoms with Crippen molar-refractivity contribution in [2.45, 2.75) is 117 Å². The molecule has 1 heteroatoms. The van der Waals surface area contributed by atoms with Crippen LogP contribution in [0.4, 0.5) is 0 Å². The van der Waals surface area contributed by atoms with Crippen LogP contribution in [-0.2, 0) is 6.42 Å². The summed E-state index contributed by atoms with van der Waals surface area (Å²) in [7, 11) is 0. The summed E-state index contributed by atoms with van der Waals surface area (Å²) in [5.41, 5.74) is 4.09. The molecule has 138 valence electrons. The van der Waals surface area contributed by atoms with E-state index in [1.165, 1.54) is 113 Å². The molecule has 0 aliphatic carbocycles. The van der Waals surface area contributed by atoms with Crippen LogP contribution in [0.25, 0.3) is 0 Å². The van der Waals surface area contributed by atoms with Crippen LogP contribution >= 0.6 is 0 Å². The molecule has 1 rings (SSSR count). The summed E-state index contributed by atoms with van der Waals surface area (Å²) in [4.78, 5) is 4.36. The second-order valence-corrected chi connectivity index (χ2v) is 7.53. The number of nitrogens with zero attached hydrogens (tertiary/aromatic N) is 1. The Morgan fingerprint density at radius 1 is 0.667 bits per heavy atom. The van der Waals surface area contributed by atoms with Gasteiger partial charge in [-0.2, -0.15) is 0 Å². The molecule has 0 saturated heterocycles. The van der Waals surface area contributed by atoms with Gasteiger partial charge in [0.15, 0.2) is 0 Å². The van der Waals surface area contributed by atoms with Gasteiger partial charge < -0.3 is 0 Å². The number of pyridine rings is 1. The summed E-state index contributed by atoms with van der Waals surface area (Å²) < 4.78 is 0. The summed E-state index contributed by atoms with van der Waals surface area (Å²) in [5, 5.41) is 0. The molecule has 0 amide bonds. The molecule has 1 aromatic rings. The van der Waals surface area contributed by atoms with Crippen molar-refractivity contribution in [2.24, 2.45) is 0 Å². The highest BCUT2D eigenvalue weighted by molar-refractivity contribution is 5.27.